The van der Waals surface area contributed by atoms with Crippen LogP contribution in [0.2, 0.25) is 0 Å². The lowest BCUT2D eigenvalue weighted by Gasteiger charge is -2.44. The molecule has 1 aliphatic rings. The van der Waals surface area contributed by atoms with Crippen molar-refractivity contribution >= 4 is 0 Å². The van der Waals surface area contributed by atoms with Crippen molar-refractivity contribution in [3.05, 3.63) is 0 Å². The first-order valence-corrected chi connectivity index (χ1v) is 15.2. The molecule has 0 spiro atoms. The van der Waals surface area contributed by atoms with Gasteiger partial charge in [0.2, 0.25) is 0 Å². The molecule has 0 radical (unpaired) electrons. The lowest BCUT2D eigenvalue weighted by Crippen LogP contribution is -2.58. The molecule has 0 unspecified atom stereocenters. The molecule has 0 aromatic carbocycles. The van der Waals surface area contributed by atoms with E-state index in [1.165, 1.54) is 0 Å². The number of aliphatic hydroxyl groups is 11. The lowest BCUT2D eigenvalue weighted by atomic mass is 9.83. The quantitative estimate of drug-likeness (QED) is 0.0363. The van der Waals surface area contributed by atoms with Crippen molar-refractivity contribution in [1.29, 1.82) is 0 Å². The maximum Gasteiger partial charge on any atom is 0.194 e. The summed E-state index contributed by atoms with van der Waals surface area (Å²) < 4.78 is 40.6. The summed E-state index contributed by atoms with van der Waals surface area (Å²) in [5, 5.41) is 110. The van der Waals surface area contributed by atoms with Gasteiger partial charge in [-0.2, -0.15) is 0 Å². The standard InChI is InChI=1S/C28H56O18/c1-4-26(15-36,43-19(6-29)7-30)41-13-22-23(12-35)46-25(24(22)39,14-28(17-38,40-3)45-21(10-33)11-34)18-42-27(5-2,16-37)44-20(8-31)9-32/h19-24,29-39H,4-18H2,1-3H3/t22-,23-,24+,25-,26-,27-,28-/m1/s1. The van der Waals surface area contributed by atoms with E-state index in [9.17, 15) is 56.2 Å². The van der Waals surface area contributed by atoms with Crippen LogP contribution in [0.3, 0.4) is 0 Å². The second kappa shape index (κ2) is 20.7. The topological polar surface area (TPSA) is 287 Å². The lowest BCUT2D eigenvalue weighted by molar-refractivity contribution is -0.326. The van der Waals surface area contributed by atoms with Crippen LogP contribution in [0.15, 0.2) is 0 Å². The Kier molecular flexibility index (Phi) is 19.5. The molecule has 1 rings (SSSR count). The Labute approximate surface area is 268 Å². The van der Waals surface area contributed by atoms with Crippen molar-refractivity contribution in [2.75, 3.05) is 86.4 Å². The molecule has 1 saturated heterocycles. The average Bonchev–Trinajstić information content (AvgIpc) is 3.37. The van der Waals surface area contributed by atoms with Gasteiger partial charge < -0.3 is 89.3 Å². The summed E-state index contributed by atoms with van der Waals surface area (Å²) in [7, 11) is 1.16. The van der Waals surface area contributed by atoms with Gasteiger partial charge >= 0.3 is 0 Å². The summed E-state index contributed by atoms with van der Waals surface area (Å²) in [4.78, 5) is 0. The van der Waals surface area contributed by atoms with Crippen molar-refractivity contribution in [2.45, 2.75) is 86.6 Å². The van der Waals surface area contributed by atoms with E-state index < -0.39 is 145 Å². The minimum atomic E-state index is -2.04. The Bertz CT molecular complexity index is 782. The highest BCUT2D eigenvalue weighted by molar-refractivity contribution is 5.05. The zero-order valence-corrected chi connectivity index (χ0v) is 26.8. The van der Waals surface area contributed by atoms with Crippen LogP contribution in [-0.4, -0.2) is 196 Å². The molecule has 46 heavy (non-hydrogen) atoms. The number of ether oxygens (including phenoxy) is 7. The van der Waals surface area contributed by atoms with Gasteiger partial charge in [-0.3, -0.25) is 0 Å². The van der Waals surface area contributed by atoms with E-state index in [2.05, 4.69) is 0 Å². The second-order valence-electron chi connectivity index (χ2n) is 11.2. The van der Waals surface area contributed by atoms with Crippen LogP contribution in [0.5, 0.6) is 0 Å². The molecule has 1 heterocycles. The Morgan fingerprint density at radius 1 is 0.652 bits per heavy atom. The number of hydrogen-bond acceptors (Lipinski definition) is 18. The summed E-state index contributed by atoms with van der Waals surface area (Å²) in [5.74, 6) is -6.70. The van der Waals surface area contributed by atoms with Crippen LogP contribution in [0.25, 0.3) is 0 Å². The fourth-order valence-corrected chi connectivity index (χ4v) is 5.15. The molecule has 0 aromatic heterocycles. The smallest absolute Gasteiger partial charge is 0.194 e. The van der Waals surface area contributed by atoms with E-state index >= 15 is 0 Å². The third-order valence-electron chi connectivity index (χ3n) is 8.21. The van der Waals surface area contributed by atoms with E-state index in [1.807, 2.05) is 0 Å². The highest BCUT2D eigenvalue weighted by Gasteiger charge is 2.59. The summed E-state index contributed by atoms with van der Waals surface area (Å²) in [6.45, 7) is -4.64. The van der Waals surface area contributed by atoms with Crippen LogP contribution >= 0.6 is 0 Å². The first-order valence-electron chi connectivity index (χ1n) is 15.2. The minimum absolute atomic E-state index is 0.0189. The molecular formula is C28H56O18. The highest BCUT2D eigenvalue weighted by Crippen LogP contribution is 2.44. The van der Waals surface area contributed by atoms with Crippen molar-refractivity contribution < 1.29 is 89.3 Å². The molecular weight excluding hydrogens is 624 g/mol. The van der Waals surface area contributed by atoms with E-state index in [-0.39, 0.29) is 12.8 Å². The van der Waals surface area contributed by atoms with Gasteiger partial charge in [-0.05, 0) is 0 Å². The van der Waals surface area contributed by atoms with Crippen molar-refractivity contribution in [3.63, 3.8) is 0 Å². The number of rotatable bonds is 27. The van der Waals surface area contributed by atoms with Gasteiger partial charge in [0.1, 0.15) is 23.9 Å². The molecule has 1 fully saturated rings. The molecule has 0 amide bonds. The maximum absolute atomic E-state index is 11.9. The van der Waals surface area contributed by atoms with E-state index in [1.54, 1.807) is 13.8 Å². The first-order chi connectivity index (χ1) is 21.9. The van der Waals surface area contributed by atoms with Crippen molar-refractivity contribution in [1.82, 2.24) is 0 Å². The largest absolute Gasteiger partial charge is 0.394 e. The molecule has 0 aliphatic carbocycles. The van der Waals surface area contributed by atoms with Gasteiger partial charge in [0.05, 0.1) is 91.5 Å². The zero-order valence-electron chi connectivity index (χ0n) is 26.8. The predicted octanol–water partition coefficient (Wildman–Crippen LogP) is -4.84. The van der Waals surface area contributed by atoms with Crippen LogP contribution in [0, 0.1) is 5.92 Å². The average molecular weight is 681 g/mol. The Balaban J connectivity index is 3.61. The monoisotopic (exact) mass is 680 g/mol. The SMILES string of the molecule is CC[C@@](CO)(OC[C@@H]1[C@@H](CO)O[C@@](CO[C@@](CC)(CO)OC(CO)CO)(C[C@@](CO)(OC)OC(CO)CO)[C@H]1O)OC(CO)CO. The summed E-state index contributed by atoms with van der Waals surface area (Å²) in [5.41, 5.74) is -1.96. The first kappa shape index (κ1) is 43.3. The van der Waals surface area contributed by atoms with Crippen LogP contribution in [0.1, 0.15) is 33.1 Å². The number of hydrogen-bond donors (Lipinski definition) is 11. The molecule has 1 aliphatic heterocycles. The van der Waals surface area contributed by atoms with Crippen LogP contribution in [0.4, 0.5) is 0 Å². The summed E-state index contributed by atoms with van der Waals surface area (Å²) in [6, 6.07) is 0. The maximum atomic E-state index is 11.9. The van der Waals surface area contributed by atoms with Gasteiger partial charge in [0, 0.05) is 32.3 Å². The van der Waals surface area contributed by atoms with Crippen LogP contribution < -0.4 is 0 Å². The Morgan fingerprint density at radius 2 is 1.07 bits per heavy atom. The molecule has 18 heteroatoms. The zero-order chi connectivity index (χ0) is 35.0. The molecule has 7 atom stereocenters. The molecule has 0 saturated carbocycles. The van der Waals surface area contributed by atoms with Crippen molar-refractivity contribution in [2.24, 2.45) is 5.92 Å². The molecule has 0 aromatic rings. The Morgan fingerprint density at radius 3 is 1.41 bits per heavy atom. The summed E-state index contributed by atoms with van der Waals surface area (Å²) in [6.07, 6.45) is -6.86. The normalized spacial score (nSPS) is 26.2. The van der Waals surface area contributed by atoms with Gasteiger partial charge in [-0.25, -0.2) is 0 Å². The molecule has 11 N–H and O–H groups in total. The van der Waals surface area contributed by atoms with E-state index in [0.717, 1.165) is 7.11 Å². The third-order valence-corrected chi connectivity index (χ3v) is 8.21. The van der Waals surface area contributed by atoms with Gasteiger partial charge in [0.15, 0.2) is 17.4 Å². The van der Waals surface area contributed by atoms with E-state index in [4.69, 9.17) is 33.2 Å². The predicted molar refractivity (Wildman–Crippen MR) is 155 cm³/mol. The minimum Gasteiger partial charge on any atom is -0.394 e. The molecule has 18 nitrogen and oxygen atoms in total. The summed E-state index contributed by atoms with van der Waals surface area (Å²) >= 11 is 0. The highest BCUT2D eigenvalue weighted by atomic mass is 16.7. The third kappa shape index (κ3) is 10.9. The number of methoxy groups -OCH3 is 1. The fraction of sp³-hybridized carbons (Fsp3) is 1.00. The fourth-order valence-electron chi connectivity index (χ4n) is 5.15. The van der Waals surface area contributed by atoms with Crippen molar-refractivity contribution in [3.8, 4) is 0 Å². The van der Waals surface area contributed by atoms with Gasteiger partial charge in [-0.1, -0.05) is 13.8 Å². The van der Waals surface area contributed by atoms with Gasteiger partial charge in [0.25, 0.3) is 0 Å². The molecule has 276 valence electrons. The second-order valence-corrected chi connectivity index (χ2v) is 11.2. The number of aliphatic hydroxyl groups excluding tert-OH is 11. The Hall–Kier alpha value is -0.720. The molecule has 0 bridgehead atoms. The van der Waals surface area contributed by atoms with E-state index in [0.29, 0.717) is 0 Å². The van der Waals surface area contributed by atoms with Crippen LogP contribution in [-0.2, 0) is 33.2 Å². The van der Waals surface area contributed by atoms with Gasteiger partial charge in [-0.15, -0.1) is 0 Å².